The van der Waals surface area contributed by atoms with Gasteiger partial charge in [-0.05, 0) is 134 Å². The Hall–Kier alpha value is -7.69. The van der Waals surface area contributed by atoms with E-state index in [9.17, 15) is 28.8 Å². The van der Waals surface area contributed by atoms with Gasteiger partial charge in [-0.3, -0.25) is 38.7 Å². The average molecular weight is 1000 g/mol. The molecule has 0 bridgehead atoms. The van der Waals surface area contributed by atoms with E-state index in [1.165, 1.54) is 5.56 Å². The van der Waals surface area contributed by atoms with Crippen LogP contribution in [0.15, 0.2) is 96.0 Å². The number of hydrogen-bond donors (Lipinski definition) is 3. The van der Waals surface area contributed by atoms with Crippen molar-refractivity contribution in [2.45, 2.75) is 116 Å². The van der Waals surface area contributed by atoms with Crippen LogP contribution in [0.25, 0.3) is 0 Å². The molecule has 16 heteroatoms. The van der Waals surface area contributed by atoms with Gasteiger partial charge in [0.2, 0.25) is 11.8 Å². The number of amides is 4. The highest BCUT2D eigenvalue weighted by molar-refractivity contribution is 6.14. The standard InChI is InChI=1S/C58H62N6O10/c1-36-23-48-49(60-32-44-28-41-12-4-7-16-51(41)64(44)58(48)70)31-52(36)72-34-37-24-38(26-42(25-37)62-56(68)21-20-46(66)33-61-55(67)17-8-5-13-45(65)14-9-10-22-74-59)35-73-54-29-39-18-19-43-27-40-11-3-6-15-50(40)63(43)57(69)47(39)30-53(54)71-2/h3-4,6-7,11-12,15-16,23-26,29-32,43-44H,5,8-10,13-14,17-22,27-28,33-35,59H2,1-2H3,(H,61,67)(H,62,68)/t43-,44+/m1/s1. The molecule has 0 radical (unpaired) electrons. The summed E-state index contributed by atoms with van der Waals surface area (Å²) in [6.07, 6.45) is 8.13. The fourth-order valence-corrected chi connectivity index (χ4v) is 10.3. The Bertz CT molecular complexity index is 3010. The highest BCUT2D eigenvalue weighted by Crippen LogP contribution is 2.42. The van der Waals surface area contributed by atoms with E-state index in [-0.39, 0.29) is 80.4 Å². The van der Waals surface area contributed by atoms with E-state index in [1.54, 1.807) is 31.4 Å². The number of ether oxygens (including phenoxy) is 3. The molecule has 0 spiro atoms. The lowest BCUT2D eigenvalue weighted by Crippen LogP contribution is -2.37. The maximum Gasteiger partial charge on any atom is 0.261 e. The molecule has 0 saturated carbocycles. The lowest BCUT2D eigenvalue weighted by molar-refractivity contribution is -0.126. The minimum atomic E-state index is -0.401. The van der Waals surface area contributed by atoms with E-state index < -0.39 is 5.91 Å². The summed E-state index contributed by atoms with van der Waals surface area (Å²) < 4.78 is 18.7. The van der Waals surface area contributed by atoms with Crippen LogP contribution in [0.5, 0.6) is 17.2 Å². The number of anilines is 3. The molecule has 16 nitrogen and oxygen atoms in total. The summed E-state index contributed by atoms with van der Waals surface area (Å²) in [6.45, 7) is 2.24. The van der Waals surface area contributed by atoms with E-state index in [4.69, 9.17) is 25.1 Å². The van der Waals surface area contributed by atoms with E-state index in [0.717, 1.165) is 40.9 Å². The van der Waals surface area contributed by atoms with Gasteiger partial charge in [0.1, 0.15) is 24.7 Å². The molecular weight excluding hydrogens is 941 g/mol. The van der Waals surface area contributed by atoms with E-state index in [1.807, 2.05) is 83.6 Å². The molecule has 4 aliphatic heterocycles. The fourth-order valence-electron chi connectivity index (χ4n) is 10.3. The molecule has 5 aromatic rings. The first-order valence-electron chi connectivity index (χ1n) is 25.5. The van der Waals surface area contributed by atoms with Crippen LogP contribution in [0, 0.1) is 6.92 Å². The average Bonchev–Trinajstić information content (AvgIpc) is 3.90. The first kappa shape index (κ1) is 51.2. The van der Waals surface area contributed by atoms with Gasteiger partial charge in [0.25, 0.3) is 11.8 Å². The number of nitrogens with one attached hydrogen (secondary N) is 2. The number of methoxy groups -OCH3 is 1. The van der Waals surface area contributed by atoms with Crippen molar-refractivity contribution < 1.29 is 47.8 Å². The zero-order valence-corrected chi connectivity index (χ0v) is 41.9. The molecule has 4 N–H and O–H groups in total. The molecule has 9 rings (SSSR count). The minimum absolute atomic E-state index is 0.0602. The number of fused-ring (bicyclic) bond motifs is 8. The van der Waals surface area contributed by atoms with Crippen LogP contribution in [0.1, 0.15) is 118 Å². The number of aryl methyl sites for hydroxylation is 2. The van der Waals surface area contributed by atoms with Crippen LogP contribution in [-0.2, 0) is 56.5 Å². The number of carbonyl (C=O) groups excluding carboxylic acids is 6. The smallest absolute Gasteiger partial charge is 0.261 e. The van der Waals surface area contributed by atoms with Gasteiger partial charge in [0.15, 0.2) is 17.3 Å². The number of para-hydroxylation sites is 2. The normalized spacial score (nSPS) is 15.9. The Morgan fingerprint density at radius 2 is 1.35 bits per heavy atom. The number of rotatable bonds is 23. The Kier molecular flexibility index (Phi) is 16.2. The van der Waals surface area contributed by atoms with Crippen molar-refractivity contribution in [2.75, 3.05) is 35.4 Å². The number of ketones is 2. The van der Waals surface area contributed by atoms with Gasteiger partial charge in [0.05, 0.1) is 37.6 Å². The summed E-state index contributed by atoms with van der Waals surface area (Å²) >= 11 is 0. The second-order valence-electron chi connectivity index (χ2n) is 19.4. The second kappa shape index (κ2) is 23.5. The SMILES string of the molecule is COc1cc2c(cc1OCc1cc(COc3cc4c(cc3C)C(=O)N3c5ccccc5C[C@H]3C=N4)cc(NC(=O)CCC(=O)CNC(=O)CCCCC(=O)CCCCON)c1)CC[C@@H]1Cc3ccccc3N1C2=O. The van der Waals surface area contributed by atoms with Gasteiger partial charge in [-0.15, -0.1) is 0 Å². The topological polar surface area (TPSA) is 208 Å². The quantitative estimate of drug-likeness (QED) is 0.0417. The molecule has 0 aliphatic carbocycles. The highest BCUT2D eigenvalue weighted by atomic mass is 16.6. The molecule has 0 aromatic heterocycles. The first-order chi connectivity index (χ1) is 36.0. The monoisotopic (exact) mass is 1000 g/mol. The van der Waals surface area contributed by atoms with Gasteiger partial charge in [-0.1, -0.05) is 36.4 Å². The third-order valence-electron chi connectivity index (χ3n) is 14.1. The third kappa shape index (κ3) is 11.9. The molecule has 4 heterocycles. The van der Waals surface area contributed by atoms with Crippen molar-refractivity contribution >= 4 is 64.2 Å². The van der Waals surface area contributed by atoms with Crippen molar-refractivity contribution in [1.29, 1.82) is 0 Å². The molecule has 2 atom stereocenters. The summed E-state index contributed by atoms with van der Waals surface area (Å²) in [6, 6.07) is 28.6. The Balaban J connectivity index is 0.864. The lowest BCUT2D eigenvalue weighted by atomic mass is 9.99. The zero-order valence-electron chi connectivity index (χ0n) is 41.9. The fraction of sp³-hybridized carbons (Fsp3) is 0.362. The van der Waals surface area contributed by atoms with Gasteiger partial charge >= 0.3 is 0 Å². The number of aliphatic imine (C=N–C) groups is 1. The van der Waals surface area contributed by atoms with Gasteiger partial charge in [0, 0.05) is 79.5 Å². The molecule has 0 unspecified atom stereocenters. The number of carbonyl (C=O) groups is 6. The molecule has 74 heavy (non-hydrogen) atoms. The van der Waals surface area contributed by atoms with Gasteiger partial charge in [-0.25, -0.2) is 5.90 Å². The highest BCUT2D eigenvalue weighted by Gasteiger charge is 2.38. The molecule has 4 aliphatic rings. The molecule has 4 amide bonds. The molecule has 0 saturated heterocycles. The van der Waals surface area contributed by atoms with E-state index in [0.29, 0.717) is 109 Å². The van der Waals surface area contributed by atoms with Crippen LogP contribution in [0.3, 0.4) is 0 Å². The summed E-state index contributed by atoms with van der Waals surface area (Å²) in [5, 5.41) is 5.57. The van der Waals surface area contributed by atoms with Gasteiger partial charge < -0.3 is 34.6 Å². The van der Waals surface area contributed by atoms with Crippen molar-refractivity contribution in [3.05, 3.63) is 136 Å². The van der Waals surface area contributed by atoms with E-state index >= 15 is 0 Å². The molecule has 384 valence electrons. The lowest BCUT2D eigenvalue weighted by Gasteiger charge is -2.23. The Morgan fingerprint density at radius 3 is 2.09 bits per heavy atom. The number of unbranched alkanes of at least 4 members (excludes halogenated alkanes) is 2. The largest absolute Gasteiger partial charge is 0.493 e. The van der Waals surface area contributed by atoms with Gasteiger partial charge in [-0.2, -0.15) is 0 Å². The summed E-state index contributed by atoms with van der Waals surface area (Å²) in [4.78, 5) is 91.8. The summed E-state index contributed by atoms with van der Waals surface area (Å²) in [7, 11) is 1.54. The van der Waals surface area contributed by atoms with Crippen LogP contribution in [0.4, 0.5) is 22.7 Å². The van der Waals surface area contributed by atoms with E-state index in [2.05, 4.69) is 21.5 Å². The van der Waals surface area contributed by atoms with Crippen molar-refractivity contribution in [3.8, 4) is 17.2 Å². The van der Waals surface area contributed by atoms with Crippen LogP contribution >= 0.6 is 0 Å². The molecule has 5 aromatic carbocycles. The maximum absolute atomic E-state index is 14.1. The summed E-state index contributed by atoms with van der Waals surface area (Å²) in [5.41, 5.74) is 9.16. The van der Waals surface area contributed by atoms with Crippen LogP contribution in [0.2, 0.25) is 0 Å². The molecular formula is C58H62N6O10. The number of nitrogens with two attached hydrogens (primary N) is 1. The third-order valence-corrected chi connectivity index (χ3v) is 14.1. The second-order valence-corrected chi connectivity index (χ2v) is 19.4. The van der Waals surface area contributed by atoms with Crippen molar-refractivity contribution in [1.82, 2.24) is 5.32 Å². The Morgan fingerprint density at radius 1 is 0.676 bits per heavy atom. The van der Waals surface area contributed by atoms with Crippen molar-refractivity contribution in [3.63, 3.8) is 0 Å². The van der Waals surface area contributed by atoms with Crippen molar-refractivity contribution in [2.24, 2.45) is 10.9 Å². The van der Waals surface area contributed by atoms with Crippen LogP contribution < -0.4 is 40.5 Å². The number of nitrogens with zero attached hydrogens (tertiary/aromatic N) is 3. The number of benzene rings is 5. The zero-order chi connectivity index (χ0) is 51.7. The minimum Gasteiger partial charge on any atom is -0.493 e. The predicted octanol–water partition coefficient (Wildman–Crippen LogP) is 8.56. The van der Waals surface area contributed by atoms with Crippen LogP contribution in [-0.4, -0.2) is 73.8 Å². The number of hydrogen-bond acceptors (Lipinski definition) is 12. The first-order valence-corrected chi connectivity index (χ1v) is 25.5. The number of Topliss-reactive ketones (excluding diaryl/α,β-unsaturated/α-hetero) is 2. The summed E-state index contributed by atoms with van der Waals surface area (Å²) in [5.74, 6) is 5.40. The molecule has 0 fully saturated rings. The predicted molar refractivity (Wildman–Crippen MR) is 281 cm³/mol. The Labute approximate surface area is 430 Å². The maximum atomic E-state index is 14.1.